The maximum Gasteiger partial charge on any atom is 0.307 e. The summed E-state index contributed by atoms with van der Waals surface area (Å²) in [7, 11) is 0. The molecule has 0 spiro atoms. The Bertz CT molecular complexity index is 1290. The smallest absolute Gasteiger partial charge is 0.307 e. The molecule has 0 radical (unpaired) electrons. The Labute approximate surface area is 199 Å². The predicted octanol–water partition coefficient (Wildman–Crippen LogP) is 6.57. The summed E-state index contributed by atoms with van der Waals surface area (Å²) in [6.07, 6.45) is 12.0. The van der Waals surface area contributed by atoms with Gasteiger partial charge in [0.25, 0.3) is 0 Å². The van der Waals surface area contributed by atoms with Crippen LogP contribution in [0.2, 0.25) is 0 Å². The SMILES string of the molecule is Cc1noc(C)c1-c1cnc2c(-c3ccc(CC(=O)O)cc3)cn(CC3CCCCCC3)c2c1. The number of benzene rings is 1. The molecule has 3 heterocycles. The second-order valence-corrected chi connectivity index (χ2v) is 9.61. The molecule has 1 saturated carbocycles. The van der Waals surface area contributed by atoms with Crippen molar-refractivity contribution < 1.29 is 14.4 Å². The second-order valence-electron chi connectivity index (χ2n) is 9.61. The quantitative estimate of drug-likeness (QED) is 0.331. The van der Waals surface area contributed by atoms with Gasteiger partial charge in [-0.1, -0.05) is 55.1 Å². The van der Waals surface area contributed by atoms with Gasteiger partial charge in [0.1, 0.15) is 5.76 Å². The van der Waals surface area contributed by atoms with Gasteiger partial charge in [-0.3, -0.25) is 9.78 Å². The van der Waals surface area contributed by atoms with Crippen LogP contribution in [-0.4, -0.2) is 25.8 Å². The molecule has 1 fully saturated rings. The van der Waals surface area contributed by atoms with Gasteiger partial charge in [0, 0.05) is 35.6 Å². The van der Waals surface area contributed by atoms with E-state index in [-0.39, 0.29) is 6.42 Å². The molecule has 0 atom stereocenters. The lowest BCUT2D eigenvalue weighted by Gasteiger charge is -2.16. The van der Waals surface area contributed by atoms with Crippen LogP contribution in [-0.2, 0) is 17.8 Å². The van der Waals surface area contributed by atoms with Crippen molar-refractivity contribution in [2.24, 2.45) is 5.92 Å². The van der Waals surface area contributed by atoms with E-state index in [1.165, 1.54) is 38.5 Å². The number of carboxylic acids is 1. The Kier molecular flexibility index (Phi) is 6.22. The van der Waals surface area contributed by atoms with E-state index < -0.39 is 5.97 Å². The molecular weight excluding hydrogens is 426 g/mol. The largest absolute Gasteiger partial charge is 0.481 e. The summed E-state index contributed by atoms with van der Waals surface area (Å²) in [5.74, 6) is 0.655. The first-order chi connectivity index (χ1) is 16.5. The van der Waals surface area contributed by atoms with Gasteiger partial charge in [-0.15, -0.1) is 0 Å². The Hall–Kier alpha value is -3.41. The lowest BCUT2D eigenvalue weighted by atomic mass is 10.0. The highest BCUT2D eigenvalue weighted by atomic mass is 16.5. The lowest BCUT2D eigenvalue weighted by Crippen LogP contribution is -2.09. The average Bonchev–Trinajstić information content (AvgIpc) is 3.21. The number of fused-ring (bicyclic) bond motifs is 1. The third-order valence-corrected chi connectivity index (χ3v) is 7.09. The number of aromatic nitrogens is 3. The maximum atomic E-state index is 11.1. The van der Waals surface area contributed by atoms with E-state index in [1.54, 1.807) is 0 Å². The minimum atomic E-state index is -0.818. The molecule has 1 aromatic carbocycles. The topological polar surface area (TPSA) is 81.2 Å². The van der Waals surface area contributed by atoms with Gasteiger partial charge in [0.15, 0.2) is 0 Å². The summed E-state index contributed by atoms with van der Waals surface area (Å²) < 4.78 is 7.79. The zero-order valence-corrected chi connectivity index (χ0v) is 19.9. The van der Waals surface area contributed by atoms with Crippen molar-refractivity contribution in [1.29, 1.82) is 0 Å². The highest BCUT2D eigenvalue weighted by molar-refractivity contribution is 5.95. The highest BCUT2D eigenvalue weighted by Crippen LogP contribution is 2.35. The molecule has 0 amide bonds. The van der Waals surface area contributed by atoms with E-state index in [0.717, 1.165) is 56.8 Å². The fraction of sp³-hybridized carbons (Fsp3) is 0.393. The molecule has 1 aliphatic carbocycles. The Balaban J connectivity index is 1.59. The van der Waals surface area contributed by atoms with E-state index in [0.29, 0.717) is 5.92 Å². The molecule has 176 valence electrons. The van der Waals surface area contributed by atoms with Crippen molar-refractivity contribution in [3.63, 3.8) is 0 Å². The Morgan fingerprint density at radius 2 is 1.82 bits per heavy atom. The lowest BCUT2D eigenvalue weighted by molar-refractivity contribution is -0.136. The monoisotopic (exact) mass is 457 g/mol. The number of hydrogen-bond acceptors (Lipinski definition) is 4. The molecule has 0 unspecified atom stereocenters. The van der Waals surface area contributed by atoms with Gasteiger partial charge < -0.3 is 14.2 Å². The zero-order valence-electron chi connectivity index (χ0n) is 19.9. The first-order valence-electron chi connectivity index (χ1n) is 12.2. The number of pyridine rings is 1. The van der Waals surface area contributed by atoms with E-state index in [9.17, 15) is 4.79 Å². The normalized spacial score (nSPS) is 15.0. The second kappa shape index (κ2) is 9.45. The molecule has 4 aromatic rings. The molecule has 6 heteroatoms. The molecular formula is C28H31N3O3. The summed E-state index contributed by atoms with van der Waals surface area (Å²) >= 11 is 0. The number of carbonyl (C=O) groups is 1. The number of rotatable bonds is 6. The molecule has 3 aromatic heterocycles. The zero-order chi connectivity index (χ0) is 23.7. The third-order valence-electron chi connectivity index (χ3n) is 7.09. The fourth-order valence-corrected chi connectivity index (χ4v) is 5.36. The van der Waals surface area contributed by atoms with Crippen LogP contribution in [0.5, 0.6) is 0 Å². The van der Waals surface area contributed by atoms with E-state index in [4.69, 9.17) is 14.6 Å². The van der Waals surface area contributed by atoms with E-state index >= 15 is 0 Å². The number of aliphatic carboxylic acids is 1. The summed E-state index contributed by atoms with van der Waals surface area (Å²) in [6.45, 7) is 4.89. The summed E-state index contributed by atoms with van der Waals surface area (Å²) in [5.41, 5.74) is 7.92. The van der Waals surface area contributed by atoms with E-state index in [2.05, 4.69) is 22.0 Å². The van der Waals surface area contributed by atoms with Gasteiger partial charge in [0.2, 0.25) is 0 Å². The fourth-order valence-electron chi connectivity index (χ4n) is 5.36. The summed E-state index contributed by atoms with van der Waals surface area (Å²) in [4.78, 5) is 16.0. The molecule has 34 heavy (non-hydrogen) atoms. The molecule has 1 N–H and O–H groups in total. The number of carboxylic acid groups (broad SMARTS) is 1. The van der Waals surface area contributed by atoms with Crippen LogP contribution >= 0.6 is 0 Å². The van der Waals surface area contributed by atoms with E-state index in [1.807, 2.05) is 44.3 Å². The molecule has 0 bridgehead atoms. The minimum Gasteiger partial charge on any atom is -0.481 e. The minimum absolute atomic E-state index is 0.0305. The first kappa shape index (κ1) is 22.4. The van der Waals surface area contributed by atoms with Crippen molar-refractivity contribution in [1.82, 2.24) is 14.7 Å². The van der Waals surface area contributed by atoms with Gasteiger partial charge >= 0.3 is 5.97 Å². The molecule has 6 nitrogen and oxygen atoms in total. The number of aryl methyl sites for hydroxylation is 2. The van der Waals surface area contributed by atoms with Crippen molar-refractivity contribution in [2.75, 3.05) is 0 Å². The van der Waals surface area contributed by atoms with Crippen LogP contribution in [0.1, 0.15) is 55.5 Å². The van der Waals surface area contributed by atoms with Crippen LogP contribution in [0.4, 0.5) is 0 Å². The Morgan fingerprint density at radius 3 is 2.47 bits per heavy atom. The predicted molar refractivity (Wildman–Crippen MR) is 133 cm³/mol. The van der Waals surface area contributed by atoms with Crippen molar-refractivity contribution in [3.05, 3.63) is 59.7 Å². The van der Waals surface area contributed by atoms with Crippen molar-refractivity contribution in [3.8, 4) is 22.3 Å². The van der Waals surface area contributed by atoms with Crippen molar-refractivity contribution in [2.45, 2.75) is 65.3 Å². The highest BCUT2D eigenvalue weighted by Gasteiger charge is 2.19. The summed E-state index contributed by atoms with van der Waals surface area (Å²) in [5, 5.41) is 13.2. The first-order valence-corrected chi connectivity index (χ1v) is 12.2. The van der Waals surface area contributed by atoms with Crippen LogP contribution in [0.3, 0.4) is 0 Å². The molecule has 1 aliphatic rings. The van der Waals surface area contributed by atoms with Gasteiger partial charge in [-0.25, -0.2) is 0 Å². The average molecular weight is 458 g/mol. The number of hydrogen-bond donors (Lipinski definition) is 1. The maximum absolute atomic E-state index is 11.1. The number of nitrogens with zero attached hydrogens (tertiary/aromatic N) is 3. The third kappa shape index (κ3) is 4.49. The van der Waals surface area contributed by atoms with Crippen LogP contribution in [0, 0.1) is 19.8 Å². The molecule has 0 aliphatic heterocycles. The van der Waals surface area contributed by atoms with Gasteiger partial charge in [-0.2, -0.15) is 0 Å². The van der Waals surface area contributed by atoms with Gasteiger partial charge in [0.05, 0.1) is 23.1 Å². The van der Waals surface area contributed by atoms with Crippen LogP contribution in [0.25, 0.3) is 33.3 Å². The van der Waals surface area contributed by atoms with Gasteiger partial charge in [-0.05, 0) is 49.8 Å². The van der Waals surface area contributed by atoms with Crippen LogP contribution < -0.4 is 0 Å². The van der Waals surface area contributed by atoms with Crippen LogP contribution in [0.15, 0.2) is 47.2 Å². The van der Waals surface area contributed by atoms with Crippen molar-refractivity contribution >= 4 is 17.0 Å². The Morgan fingerprint density at radius 1 is 1.09 bits per heavy atom. The summed E-state index contributed by atoms with van der Waals surface area (Å²) in [6, 6.07) is 10.0. The standard InChI is InChI=1S/C28H31N3O3/c1-18-27(19(2)34-30-18)23-14-25-28(29-15-23)24(22-11-9-20(10-12-22)13-26(32)33)17-31(25)16-21-7-5-3-4-6-8-21/h9-12,14-15,17,21H,3-8,13,16H2,1-2H3,(H,32,33). The molecule has 5 rings (SSSR count). The molecule has 0 saturated heterocycles.